The van der Waals surface area contributed by atoms with Crippen molar-refractivity contribution in [2.45, 2.75) is 6.18 Å². The zero-order valence-electron chi connectivity index (χ0n) is 13.2. The number of methoxy groups -OCH3 is 1. The lowest BCUT2D eigenvalue weighted by Gasteiger charge is -2.34. The molecule has 0 bridgehead atoms. The summed E-state index contributed by atoms with van der Waals surface area (Å²) >= 11 is 0. The minimum atomic E-state index is -4.56. The van der Waals surface area contributed by atoms with Crippen molar-refractivity contribution in [2.24, 2.45) is 0 Å². The number of amides is 1. The fraction of sp³-hybridized carbons (Fsp3) is 0.333. The van der Waals surface area contributed by atoms with Crippen LogP contribution in [0, 0.1) is 0 Å². The second kappa shape index (κ2) is 6.54. The van der Waals surface area contributed by atoms with Gasteiger partial charge in [-0.05, 0) is 12.1 Å². The van der Waals surface area contributed by atoms with E-state index in [1.165, 1.54) is 30.5 Å². The number of hydrogen-bond acceptors (Lipinski definition) is 6. The maximum absolute atomic E-state index is 12.8. The highest BCUT2D eigenvalue weighted by Gasteiger charge is 2.34. The number of hydrogen-bond donors (Lipinski definition) is 0. The van der Waals surface area contributed by atoms with Crippen molar-refractivity contribution in [3.8, 4) is 5.75 Å². The number of rotatable bonds is 3. The fourth-order valence-corrected chi connectivity index (χ4v) is 2.44. The number of carbonyl (C=O) groups is 1. The van der Waals surface area contributed by atoms with Crippen LogP contribution in [0.1, 0.15) is 5.69 Å². The maximum Gasteiger partial charge on any atom is 0.433 e. The molecule has 7 nitrogen and oxygen atoms in total. The quantitative estimate of drug-likeness (QED) is 0.837. The summed E-state index contributed by atoms with van der Waals surface area (Å²) in [7, 11) is 1.49. The van der Waals surface area contributed by atoms with Gasteiger partial charge in [-0.3, -0.25) is 9.78 Å². The Labute approximate surface area is 141 Å². The number of ether oxygens (including phenoxy) is 1. The number of carbonyl (C=O) groups excluding carboxylic acids is 1. The van der Waals surface area contributed by atoms with Crippen LogP contribution in [-0.4, -0.2) is 47.6 Å². The van der Waals surface area contributed by atoms with E-state index in [1.54, 1.807) is 4.90 Å². The third-order valence-corrected chi connectivity index (χ3v) is 3.70. The van der Waals surface area contributed by atoms with Gasteiger partial charge in [0, 0.05) is 25.0 Å². The third-order valence-electron chi connectivity index (χ3n) is 3.70. The molecule has 132 valence electrons. The van der Waals surface area contributed by atoms with E-state index in [0.29, 0.717) is 18.2 Å². The smallest absolute Gasteiger partial charge is 0.433 e. The summed E-state index contributed by atoms with van der Waals surface area (Å²) in [5.74, 6) is 0.509. The predicted octanol–water partition coefficient (Wildman–Crippen LogP) is 1.75. The molecule has 1 amide bonds. The topological polar surface area (TPSA) is 71.5 Å². The Hall–Kier alpha value is -2.91. The SMILES string of the molecule is COc1cnc(N2CCN(c3ccnc(C(F)(F)F)c3)C(=O)C2)nc1. The van der Waals surface area contributed by atoms with E-state index in [9.17, 15) is 18.0 Å². The van der Waals surface area contributed by atoms with Crippen molar-refractivity contribution in [3.05, 3.63) is 36.4 Å². The molecule has 0 atom stereocenters. The summed E-state index contributed by atoms with van der Waals surface area (Å²) in [5, 5.41) is 0. The number of pyridine rings is 1. The second-order valence-electron chi connectivity index (χ2n) is 5.29. The van der Waals surface area contributed by atoms with Crippen LogP contribution in [-0.2, 0) is 11.0 Å². The van der Waals surface area contributed by atoms with Crippen LogP contribution in [0.4, 0.5) is 24.8 Å². The maximum atomic E-state index is 12.8. The number of piperazine rings is 1. The van der Waals surface area contributed by atoms with Crippen LogP contribution < -0.4 is 14.5 Å². The minimum absolute atomic E-state index is 0.0317. The number of nitrogens with zero attached hydrogens (tertiary/aromatic N) is 5. The third kappa shape index (κ3) is 3.62. The minimum Gasteiger partial charge on any atom is -0.494 e. The highest BCUT2D eigenvalue weighted by molar-refractivity contribution is 5.97. The largest absolute Gasteiger partial charge is 0.494 e. The molecule has 1 aliphatic rings. The molecule has 2 aromatic rings. The molecule has 2 aromatic heterocycles. The number of anilines is 2. The molecule has 0 radical (unpaired) electrons. The van der Waals surface area contributed by atoms with Crippen LogP contribution >= 0.6 is 0 Å². The van der Waals surface area contributed by atoms with E-state index in [-0.39, 0.29) is 24.7 Å². The van der Waals surface area contributed by atoms with Crippen LogP contribution in [0.2, 0.25) is 0 Å². The van der Waals surface area contributed by atoms with E-state index < -0.39 is 11.9 Å². The van der Waals surface area contributed by atoms with Gasteiger partial charge in [-0.1, -0.05) is 0 Å². The van der Waals surface area contributed by atoms with Gasteiger partial charge in [-0.25, -0.2) is 9.97 Å². The van der Waals surface area contributed by atoms with Gasteiger partial charge in [0.25, 0.3) is 0 Å². The molecule has 0 unspecified atom stereocenters. The van der Waals surface area contributed by atoms with E-state index in [0.717, 1.165) is 12.3 Å². The molecule has 1 aliphatic heterocycles. The van der Waals surface area contributed by atoms with Gasteiger partial charge in [0.1, 0.15) is 12.2 Å². The number of halogens is 3. The van der Waals surface area contributed by atoms with Crippen molar-refractivity contribution >= 4 is 17.5 Å². The standard InChI is InChI=1S/C15H14F3N5O2/c1-25-11-7-20-14(21-8-11)22-4-5-23(13(24)9-22)10-2-3-19-12(6-10)15(16,17)18/h2-3,6-8H,4-5,9H2,1H3. The number of aromatic nitrogens is 3. The van der Waals surface area contributed by atoms with Gasteiger partial charge < -0.3 is 14.5 Å². The van der Waals surface area contributed by atoms with Gasteiger partial charge >= 0.3 is 6.18 Å². The van der Waals surface area contributed by atoms with Gasteiger partial charge in [0.15, 0.2) is 5.75 Å². The fourth-order valence-electron chi connectivity index (χ4n) is 2.44. The molecule has 3 rings (SSSR count). The molecule has 25 heavy (non-hydrogen) atoms. The van der Waals surface area contributed by atoms with Crippen LogP contribution in [0.3, 0.4) is 0 Å². The second-order valence-corrected chi connectivity index (χ2v) is 5.29. The first-order chi connectivity index (χ1) is 11.9. The molecule has 0 saturated carbocycles. The molecule has 0 aliphatic carbocycles. The average Bonchev–Trinajstić information content (AvgIpc) is 2.61. The molecule has 1 fully saturated rings. The Morgan fingerprint density at radius 1 is 1.16 bits per heavy atom. The molecule has 1 saturated heterocycles. The molecular formula is C15H14F3N5O2. The molecular weight excluding hydrogens is 339 g/mol. The summed E-state index contributed by atoms with van der Waals surface area (Å²) in [6, 6.07) is 2.25. The lowest BCUT2D eigenvalue weighted by Crippen LogP contribution is -2.51. The van der Waals surface area contributed by atoms with Gasteiger partial charge in [0.05, 0.1) is 19.5 Å². The van der Waals surface area contributed by atoms with Crippen molar-refractivity contribution in [1.29, 1.82) is 0 Å². The van der Waals surface area contributed by atoms with E-state index >= 15 is 0 Å². The Morgan fingerprint density at radius 3 is 2.48 bits per heavy atom. The highest BCUT2D eigenvalue weighted by atomic mass is 19.4. The van der Waals surface area contributed by atoms with Crippen molar-refractivity contribution in [2.75, 3.05) is 36.5 Å². The zero-order chi connectivity index (χ0) is 18.0. The van der Waals surface area contributed by atoms with E-state index in [4.69, 9.17) is 4.74 Å². The Morgan fingerprint density at radius 2 is 1.88 bits per heavy atom. The summed E-state index contributed by atoms with van der Waals surface area (Å²) in [6.45, 7) is 0.577. The first-order valence-electron chi connectivity index (χ1n) is 7.33. The van der Waals surface area contributed by atoms with Gasteiger partial charge in [-0.15, -0.1) is 0 Å². The Balaban J connectivity index is 1.74. The number of alkyl halides is 3. The Kier molecular flexibility index (Phi) is 4.43. The molecule has 0 aromatic carbocycles. The van der Waals surface area contributed by atoms with Crippen LogP contribution in [0.25, 0.3) is 0 Å². The Bertz CT molecular complexity index is 767. The molecule has 3 heterocycles. The molecule has 0 spiro atoms. The normalized spacial score (nSPS) is 15.4. The summed E-state index contributed by atoms with van der Waals surface area (Å²) in [5.41, 5.74) is -0.860. The zero-order valence-corrected chi connectivity index (χ0v) is 13.2. The van der Waals surface area contributed by atoms with E-state index in [1.807, 2.05) is 0 Å². The summed E-state index contributed by atoms with van der Waals surface area (Å²) in [6.07, 6.45) is -0.544. The average molecular weight is 353 g/mol. The predicted molar refractivity (Wildman–Crippen MR) is 82.4 cm³/mol. The van der Waals surface area contributed by atoms with Crippen LogP contribution in [0.5, 0.6) is 5.75 Å². The van der Waals surface area contributed by atoms with Crippen molar-refractivity contribution < 1.29 is 22.7 Å². The summed E-state index contributed by atoms with van der Waals surface area (Å²) < 4.78 is 43.3. The van der Waals surface area contributed by atoms with Crippen molar-refractivity contribution in [1.82, 2.24) is 15.0 Å². The lowest BCUT2D eigenvalue weighted by atomic mass is 10.2. The first-order valence-corrected chi connectivity index (χ1v) is 7.33. The van der Waals surface area contributed by atoms with E-state index in [2.05, 4.69) is 15.0 Å². The van der Waals surface area contributed by atoms with Gasteiger partial charge in [-0.2, -0.15) is 13.2 Å². The highest BCUT2D eigenvalue weighted by Crippen LogP contribution is 2.30. The summed E-state index contributed by atoms with van der Waals surface area (Å²) in [4.78, 5) is 26.9. The monoisotopic (exact) mass is 353 g/mol. The van der Waals surface area contributed by atoms with Crippen molar-refractivity contribution in [3.63, 3.8) is 0 Å². The molecule has 10 heteroatoms. The molecule has 0 N–H and O–H groups in total. The first kappa shape index (κ1) is 16.9. The lowest BCUT2D eigenvalue weighted by molar-refractivity contribution is -0.141. The van der Waals surface area contributed by atoms with Crippen LogP contribution in [0.15, 0.2) is 30.7 Å². The van der Waals surface area contributed by atoms with Gasteiger partial charge in [0.2, 0.25) is 11.9 Å².